The molecule has 2 nitrogen and oxygen atoms in total. The molecule has 0 aliphatic carbocycles. The van der Waals surface area contributed by atoms with Gasteiger partial charge in [0, 0.05) is 0 Å². The van der Waals surface area contributed by atoms with Crippen LogP contribution in [-0.4, -0.2) is 7.11 Å². The molecule has 0 bridgehead atoms. The van der Waals surface area contributed by atoms with E-state index in [-0.39, 0.29) is 5.38 Å². The van der Waals surface area contributed by atoms with Gasteiger partial charge in [0.25, 0.3) is 0 Å². The van der Waals surface area contributed by atoms with Gasteiger partial charge in [-0.3, -0.25) is 0 Å². The first kappa shape index (κ1) is 12.3. The number of furan rings is 1. The van der Waals surface area contributed by atoms with Crippen molar-refractivity contribution in [2.75, 3.05) is 7.11 Å². The fourth-order valence-corrected chi connectivity index (χ4v) is 2.05. The van der Waals surface area contributed by atoms with Crippen molar-refractivity contribution in [1.82, 2.24) is 0 Å². The van der Waals surface area contributed by atoms with Gasteiger partial charge in [-0.2, -0.15) is 0 Å². The normalized spacial score (nSPS) is 12.4. The fourth-order valence-electron chi connectivity index (χ4n) is 1.60. The molecule has 1 aromatic heterocycles. The average molecular weight is 271 g/mol. The second kappa shape index (κ2) is 5.48. The number of rotatable bonds is 4. The fraction of sp³-hybridized carbons (Fsp3) is 0.231. The summed E-state index contributed by atoms with van der Waals surface area (Å²) in [6.45, 7) is 0. The number of hydrogen-bond donors (Lipinski definition) is 0. The van der Waals surface area contributed by atoms with Crippen LogP contribution in [0.15, 0.2) is 40.8 Å². The highest BCUT2D eigenvalue weighted by molar-refractivity contribution is 6.29. The number of ether oxygens (including phenoxy) is 1. The maximum atomic E-state index is 6.26. The van der Waals surface area contributed by atoms with Gasteiger partial charge in [-0.15, -0.1) is 11.6 Å². The maximum Gasteiger partial charge on any atom is 0.193 e. The van der Waals surface area contributed by atoms with E-state index in [1.165, 1.54) is 0 Å². The molecule has 90 valence electrons. The average Bonchev–Trinajstić information content (AvgIpc) is 2.76. The van der Waals surface area contributed by atoms with Gasteiger partial charge in [-0.05, 0) is 47.9 Å². The first-order valence-electron chi connectivity index (χ1n) is 5.21. The van der Waals surface area contributed by atoms with Crippen molar-refractivity contribution in [2.24, 2.45) is 0 Å². The lowest BCUT2D eigenvalue weighted by Crippen LogP contribution is -1.95. The highest BCUT2D eigenvalue weighted by Gasteiger charge is 2.13. The van der Waals surface area contributed by atoms with E-state index in [4.69, 9.17) is 32.4 Å². The first-order chi connectivity index (χ1) is 8.19. The van der Waals surface area contributed by atoms with Crippen LogP contribution in [-0.2, 0) is 6.42 Å². The molecular formula is C13H12Cl2O2. The number of halogens is 2. The van der Waals surface area contributed by atoms with E-state index >= 15 is 0 Å². The number of alkyl halides is 1. The van der Waals surface area contributed by atoms with Gasteiger partial charge in [0.05, 0.1) is 12.5 Å². The Kier molecular flexibility index (Phi) is 3.97. The van der Waals surface area contributed by atoms with Gasteiger partial charge in [-0.1, -0.05) is 12.1 Å². The summed E-state index contributed by atoms with van der Waals surface area (Å²) in [7, 11) is 1.64. The van der Waals surface area contributed by atoms with Crippen molar-refractivity contribution in [1.29, 1.82) is 0 Å². The summed E-state index contributed by atoms with van der Waals surface area (Å²) in [6, 6.07) is 11.3. The predicted octanol–water partition coefficient (Wildman–Crippen LogP) is 4.46. The van der Waals surface area contributed by atoms with E-state index < -0.39 is 0 Å². The molecule has 0 N–H and O–H groups in total. The SMILES string of the molecule is COc1cccc(CC(Cl)c2ccc(Cl)o2)c1. The van der Waals surface area contributed by atoms with Crippen molar-refractivity contribution < 1.29 is 9.15 Å². The van der Waals surface area contributed by atoms with Crippen molar-refractivity contribution in [3.8, 4) is 5.75 Å². The van der Waals surface area contributed by atoms with Crippen molar-refractivity contribution >= 4 is 23.2 Å². The zero-order valence-corrected chi connectivity index (χ0v) is 10.8. The number of hydrogen-bond acceptors (Lipinski definition) is 2. The van der Waals surface area contributed by atoms with Gasteiger partial charge < -0.3 is 9.15 Å². The molecule has 1 unspecified atom stereocenters. The highest BCUT2D eigenvalue weighted by Crippen LogP contribution is 2.29. The molecule has 0 amide bonds. The quantitative estimate of drug-likeness (QED) is 0.766. The van der Waals surface area contributed by atoms with E-state index in [0.29, 0.717) is 17.4 Å². The third-order valence-electron chi connectivity index (χ3n) is 2.45. The summed E-state index contributed by atoms with van der Waals surface area (Å²) in [5.41, 5.74) is 1.09. The molecule has 1 heterocycles. The van der Waals surface area contributed by atoms with Crippen LogP contribution in [0.1, 0.15) is 16.7 Å². The molecule has 17 heavy (non-hydrogen) atoms. The van der Waals surface area contributed by atoms with E-state index in [9.17, 15) is 0 Å². The topological polar surface area (TPSA) is 22.4 Å². The van der Waals surface area contributed by atoms with Gasteiger partial charge in [0.2, 0.25) is 0 Å². The molecule has 0 aliphatic rings. The van der Waals surface area contributed by atoms with Gasteiger partial charge in [0.1, 0.15) is 11.5 Å². The van der Waals surface area contributed by atoms with Crippen LogP contribution >= 0.6 is 23.2 Å². The van der Waals surface area contributed by atoms with Crippen LogP contribution in [0.5, 0.6) is 5.75 Å². The molecule has 1 atom stereocenters. The van der Waals surface area contributed by atoms with Crippen molar-refractivity contribution in [3.05, 3.63) is 52.9 Å². The van der Waals surface area contributed by atoms with Gasteiger partial charge >= 0.3 is 0 Å². The van der Waals surface area contributed by atoms with Crippen LogP contribution in [0.3, 0.4) is 0 Å². The summed E-state index contributed by atoms with van der Waals surface area (Å²) >= 11 is 12.0. The summed E-state index contributed by atoms with van der Waals surface area (Å²) < 4.78 is 10.4. The van der Waals surface area contributed by atoms with E-state index in [0.717, 1.165) is 11.3 Å². The van der Waals surface area contributed by atoms with Crippen LogP contribution in [0, 0.1) is 0 Å². The minimum atomic E-state index is -0.227. The second-order valence-electron chi connectivity index (χ2n) is 3.67. The Bertz CT molecular complexity index is 494. The molecule has 0 saturated carbocycles. The Hall–Kier alpha value is -1.12. The Morgan fingerprint density at radius 2 is 2.12 bits per heavy atom. The Morgan fingerprint density at radius 1 is 1.29 bits per heavy atom. The van der Waals surface area contributed by atoms with Crippen LogP contribution in [0.25, 0.3) is 0 Å². The first-order valence-corrected chi connectivity index (χ1v) is 6.02. The monoisotopic (exact) mass is 270 g/mol. The summed E-state index contributed by atoms with van der Waals surface area (Å²) in [5.74, 6) is 1.50. The molecule has 2 aromatic rings. The Labute approximate surface area is 110 Å². The third-order valence-corrected chi connectivity index (χ3v) is 3.02. The lowest BCUT2D eigenvalue weighted by atomic mass is 10.1. The van der Waals surface area contributed by atoms with E-state index in [1.807, 2.05) is 24.3 Å². The van der Waals surface area contributed by atoms with Crippen LogP contribution in [0.4, 0.5) is 0 Å². The van der Waals surface area contributed by atoms with Gasteiger partial charge in [0.15, 0.2) is 5.22 Å². The minimum Gasteiger partial charge on any atom is -0.497 e. The lowest BCUT2D eigenvalue weighted by Gasteiger charge is -2.08. The van der Waals surface area contributed by atoms with Crippen molar-refractivity contribution in [3.63, 3.8) is 0 Å². The largest absolute Gasteiger partial charge is 0.497 e. The zero-order chi connectivity index (χ0) is 12.3. The number of benzene rings is 1. The molecule has 0 saturated heterocycles. The molecular weight excluding hydrogens is 259 g/mol. The maximum absolute atomic E-state index is 6.26. The molecule has 0 fully saturated rings. The third kappa shape index (κ3) is 3.18. The smallest absolute Gasteiger partial charge is 0.193 e. The van der Waals surface area contributed by atoms with E-state index in [2.05, 4.69) is 0 Å². The molecule has 1 aromatic carbocycles. The molecule has 2 rings (SSSR count). The summed E-state index contributed by atoms with van der Waals surface area (Å²) in [6.07, 6.45) is 0.669. The zero-order valence-electron chi connectivity index (χ0n) is 9.32. The standard InChI is InChI=1S/C13H12Cl2O2/c1-16-10-4-2-3-9(7-10)8-11(14)12-5-6-13(15)17-12/h2-7,11H,8H2,1H3. The molecule has 0 aliphatic heterocycles. The molecule has 0 radical (unpaired) electrons. The van der Waals surface area contributed by atoms with Crippen LogP contribution in [0.2, 0.25) is 5.22 Å². The number of methoxy groups -OCH3 is 1. The Balaban J connectivity index is 2.09. The molecule has 4 heteroatoms. The molecule has 0 spiro atoms. The lowest BCUT2D eigenvalue weighted by molar-refractivity contribution is 0.414. The summed E-state index contributed by atoms with van der Waals surface area (Å²) in [5, 5.41) is 0.130. The minimum absolute atomic E-state index is 0.227. The summed E-state index contributed by atoms with van der Waals surface area (Å²) in [4.78, 5) is 0. The highest BCUT2D eigenvalue weighted by atomic mass is 35.5. The van der Waals surface area contributed by atoms with Crippen molar-refractivity contribution in [2.45, 2.75) is 11.8 Å². The Morgan fingerprint density at radius 3 is 2.76 bits per heavy atom. The van der Waals surface area contributed by atoms with Crippen LogP contribution < -0.4 is 4.74 Å². The predicted molar refractivity (Wildman–Crippen MR) is 69.0 cm³/mol. The van der Waals surface area contributed by atoms with E-state index in [1.54, 1.807) is 19.2 Å². The second-order valence-corrected chi connectivity index (χ2v) is 4.56. The van der Waals surface area contributed by atoms with Gasteiger partial charge in [-0.25, -0.2) is 0 Å².